The fourth-order valence-corrected chi connectivity index (χ4v) is 4.50. The van der Waals surface area contributed by atoms with E-state index < -0.39 is 0 Å². The molecule has 0 saturated heterocycles. The van der Waals surface area contributed by atoms with Gasteiger partial charge in [0.1, 0.15) is 0 Å². The molecule has 3 aromatic rings. The number of hydrogen-bond acceptors (Lipinski definition) is 1. The number of benzene rings is 2. The Morgan fingerprint density at radius 1 is 1.00 bits per heavy atom. The second-order valence-electron chi connectivity index (χ2n) is 7.57. The van der Waals surface area contributed by atoms with Gasteiger partial charge in [0.25, 0.3) is 0 Å². The monoisotopic (exact) mass is 412 g/mol. The maximum absolute atomic E-state index is 6.40. The Kier molecular flexibility index (Phi) is 6.41. The summed E-state index contributed by atoms with van der Waals surface area (Å²) >= 11 is 12.4. The van der Waals surface area contributed by atoms with Crippen LogP contribution in [0.5, 0.6) is 0 Å². The van der Waals surface area contributed by atoms with Gasteiger partial charge in [0.05, 0.1) is 0 Å². The van der Waals surface area contributed by atoms with E-state index in [1.54, 1.807) is 5.57 Å². The van der Waals surface area contributed by atoms with Crippen LogP contribution in [0.2, 0.25) is 10.0 Å². The molecular formula is C24H26Cl2N2. The average Bonchev–Trinajstić information content (AvgIpc) is 3.06. The van der Waals surface area contributed by atoms with Crippen LogP contribution in [0, 0.1) is 0 Å². The van der Waals surface area contributed by atoms with Crippen LogP contribution in [0.1, 0.15) is 43.2 Å². The SMILES string of the molecule is Clc1ccc(Cn2cc(CNCCC3=CCCCC3)c3ccccc32)c(Cl)c1. The van der Waals surface area contributed by atoms with Crippen molar-refractivity contribution >= 4 is 34.1 Å². The van der Waals surface area contributed by atoms with Gasteiger partial charge < -0.3 is 9.88 Å². The summed E-state index contributed by atoms with van der Waals surface area (Å²) in [7, 11) is 0. The lowest BCUT2D eigenvalue weighted by atomic mass is 9.97. The summed E-state index contributed by atoms with van der Waals surface area (Å²) in [5.74, 6) is 0. The van der Waals surface area contributed by atoms with E-state index in [-0.39, 0.29) is 0 Å². The second-order valence-corrected chi connectivity index (χ2v) is 8.41. The van der Waals surface area contributed by atoms with Crippen molar-refractivity contribution in [3.8, 4) is 0 Å². The van der Waals surface area contributed by atoms with Crippen LogP contribution in [0.4, 0.5) is 0 Å². The molecule has 1 aliphatic rings. The first-order valence-electron chi connectivity index (χ1n) is 10.1. The van der Waals surface area contributed by atoms with Crippen molar-refractivity contribution in [2.75, 3.05) is 6.54 Å². The Morgan fingerprint density at radius 3 is 2.71 bits per heavy atom. The minimum Gasteiger partial charge on any atom is -0.343 e. The number of para-hydroxylation sites is 1. The standard InChI is InChI=1S/C24H26Cl2N2/c25-21-11-10-19(23(26)14-21)16-28-17-20(22-8-4-5-9-24(22)28)15-27-13-12-18-6-2-1-3-7-18/h4-6,8-11,14,17,27H,1-3,7,12-13,15-16H2. The van der Waals surface area contributed by atoms with E-state index in [9.17, 15) is 0 Å². The summed E-state index contributed by atoms with van der Waals surface area (Å²) in [5, 5.41) is 6.33. The van der Waals surface area contributed by atoms with Crippen LogP contribution in [0.15, 0.2) is 60.3 Å². The highest BCUT2D eigenvalue weighted by atomic mass is 35.5. The van der Waals surface area contributed by atoms with Gasteiger partial charge in [0, 0.05) is 40.2 Å². The van der Waals surface area contributed by atoms with E-state index in [1.807, 2.05) is 18.2 Å². The number of nitrogens with zero attached hydrogens (tertiary/aromatic N) is 1. The smallest absolute Gasteiger partial charge is 0.0491 e. The van der Waals surface area contributed by atoms with Crippen LogP contribution < -0.4 is 5.32 Å². The third-order valence-corrected chi connectivity index (χ3v) is 6.14. The number of hydrogen-bond donors (Lipinski definition) is 1. The summed E-state index contributed by atoms with van der Waals surface area (Å²) < 4.78 is 2.28. The number of halogens is 2. The molecule has 0 atom stereocenters. The van der Waals surface area contributed by atoms with Gasteiger partial charge in [-0.15, -0.1) is 0 Å². The van der Waals surface area contributed by atoms with Crippen molar-refractivity contribution in [2.45, 2.75) is 45.2 Å². The van der Waals surface area contributed by atoms with Crippen LogP contribution in [0.25, 0.3) is 10.9 Å². The van der Waals surface area contributed by atoms with Crippen LogP contribution in [-0.2, 0) is 13.1 Å². The predicted octanol–water partition coefficient (Wildman–Crippen LogP) is 6.98. The summed E-state index contributed by atoms with van der Waals surface area (Å²) in [6.45, 7) is 2.66. The number of allylic oxidation sites excluding steroid dienone is 1. The molecule has 2 aromatic carbocycles. The zero-order valence-electron chi connectivity index (χ0n) is 16.1. The topological polar surface area (TPSA) is 17.0 Å². The van der Waals surface area contributed by atoms with Crippen LogP contribution in [0.3, 0.4) is 0 Å². The molecule has 146 valence electrons. The Hall–Kier alpha value is -1.74. The third kappa shape index (κ3) is 4.63. The van der Waals surface area contributed by atoms with Crippen molar-refractivity contribution in [2.24, 2.45) is 0 Å². The summed E-state index contributed by atoms with van der Waals surface area (Å²) in [6, 6.07) is 14.3. The molecule has 0 spiro atoms. The van der Waals surface area contributed by atoms with E-state index in [0.29, 0.717) is 10.0 Å². The lowest BCUT2D eigenvalue weighted by Gasteiger charge is -2.12. The zero-order chi connectivity index (χ0) is 19.3. The quantitative estimate of drug-likeness (QED) is 0.327. The second kappa shape index (κ2) is 9.17. The molecule has 1 aromatic heterocycles. The van der Waals surface area contributed by atoms with Gasteiger partial charge in [-0.1, -0.05) is 59.1 Å². The molecule has 0 radical (unpaired) electrons. The van der Waals surface area contributed by atoms with Crippen molar-refractivity contribution in [3.05, 3.63) is 81.5 Å². The van der Waals surface area contributed by atoms with Gasteiger partial charge >= 0.3 is 0 Å². The molecule has 0 fully saturated rings. The first kappa shape index (κ1) is 19.6. The fraction of sp³-hybridized carbons (Fsp3) is 0.333. The zero-order valence-corrected chi connectivity index (χ0v) is 17.6. The third-order valence-electron chi connectivity index (χ3n) is 5.55. The van der Waals surface area contributed by atoms with Crippen molar-refractivity contribution in [1.29, 1.82) is 0 Å². The fourth-order valence-electron chi connectivity index (χ4n) is 4.03. The molecule has 4 rings (SSSR count). The number of nitrogens with one attached hydrogen (secondary N) is 1. The van der Waals surface area contributed by atoms with Gasteiger partial charge in [0.15, 0.2) is 0 Å². The summed E-state index contributed by atoms with van der Waals surface area (Å²) in [4.78, 5) is 0. The number of fused-ring (bicyclic) bond motifs is 1. The summed E-state index contributed by atoms with van der Waals surface area (Å²) in [5.41, 5.74) is 5.27. The molecule has 2 nitrogen and oxygen atoms in total. The molecule has 0 aliphatic heterocycles. The summed E-state index contributed by atoms with van der Waals surface area (Å²) in [6.07, 6.45) is 11.1. The van der Waals surface area contributed by atoms with E-state index in [1.165, 1.54) is 48.6 Å². The molecule has 1 N–H and O–H groups in total. The van der Waals surface area contributed by atoms with Gasteiger partial charge in [-0.2, -0.15) is 0 Å². The normalized spacial score (nSPS) is 14.4. The molecule has 28 heavy (non-hydrogen) atoms. The highest BCUT2D eigenvalue weighted by molar-refractivity contribution is 6.35. The molecule has 1 aliphatic carbocycles. The highest BCUT2D eigenvalue weighted by Gasteiger charge is 2.10. The average molecular weight is 413 g/mol. The molecular weight excluding hydrogens is 387 g/mol. The predicted molar refractivity (Wildman–Crippen MR) is 120 cm³/mol. The largest absolute Gasteiger partial charge is 0.343 e. The van der Waals surface area contributed by atoms with Crippen molar-refractivity contribution < 1.29 is 0 Å². The van der Waals surface area contributed by atoms with Gasteiger partial charge in [-0.05, 0) is 68.0 Å². The van der Waals surface area contributed by atoms with E-state index >= 15 is 0 Å². The van der Waals surface area contributed by atoms with E-state index in [4.69, 9.17) is 23.2 Å². The Labute approximate surface area is 177 Å². The lowest BCUT2D eigenvalue weighted by Crippen LogP contribution is -2.15. The van der Waals surface area contributed by atoms with E-state index in [0.717, 1.165) is 25.2 Å². The molecule has 0 saturated carbocycles. The Morgan fingerprint density at radius 2 is 1.89 bits per heavy atom. The van der Waals surface area contributed by atoms with Gasteiger partial charge in [-0.25, -0.2) is 0 Å². The van der Waals surface area contributed by atoms with Gasteiger partial charge in [0.2, 0.25) is 0 Å². The number of rotatable bonds is 7. The molecule has 0 unspecified atom stereocenters. The highest BCUT2D eigenvalue weighted by Crippen LogP contribution is 2.26. The van der Waals surface area contributed by atoms with E-state index in [2.05, 4.69) is 46.4 Å². The molecule has 4 heteroatoms. The minimum absolute atomic E-state index is 0.670. The van der Waals surface area contributed by atoms with Gasteiger partial charge in [-0.3, -0.25) is 0 Å². The molecule has 1 heterocycles. The Bertz CT molecular complexity index is 987. The molecule has 0 bridgehead atoms. The molecule has 0 amide bonds. The maximum Gasteiger partial charge on any atom is 0.0491 e. The van der Waals surface area contributed by atoms with Crippen molar-refractivity contribution in [1.82, 2.24) is 9.88 Å². The first-order chi connectivity index (χ1) is 13.7. The lowest BCUT2D eigenvalue weighted by molar-refractivity contribution is 0.632. The Balaban J connectivity index is 1.47. The van der Waals surface area contributed by atoms with Crippen LogP contribution >= 0.6 is 23.2 Å². The minimum atomic E-state index is 0.670. The van der Waals surface area contributed by atoms with Crippen LogP contribution in [-0.4, -0.2) is 11.1 Å². The maximum atomic E-state index is 6.40. The first-order valence-corrected chi connectivity index (χ1v) is 10.9. The number of aromatic nitrogens is 1. The van der Waals surface area contributed by atoms with Crippen molar-refractivity contribution in [3.63, 3.8) is 0 Å².